The quantitative estimate of drug-likeness (QED) is 0.114. The number of rotatable bonds is 6. The van der Waals surface area contributed by atoms with E-state index in [0.717, 1.165) is 101 Å². The third-order valence-corrected chi connectivity index (χ3v) is 22.1. The Balaban J connectivity index is 0.000000109. The molecule has 0 amide bonds. The molecule has 1 saturated heterocycles. The summed E-state index contributed by atoms with van der Waals surface area (Å²) in [5, 5.41) is 9.10. The molecule has 2 atom stereocenters. The Morgan fingerprint density at radius 1 is 0.467 bits per heavy atom. The minimum absolute atomic E-state index is 0.0188. The molecule has 25 heteroatoms. The van der Waals surface area contributed by atoms with E-state index in [-0.39, 0.29) is 44.5 Å². The molecular formula is C80H87B4N17O4+2. The molecule has 19 rings (SSSR count). The molecule has 11 aromatic heterocycles. The fourth-order valence-electron chi connectivity index (χ4n) is 17.3. The number of para-hydroxylation sites is 2. The zero-order valence-electron chi connectivity index (χ0n) is 62.9. The van der Waals surface area contributed by atoms with Crippen LogP contribution >= 0.6 is 0 Å². The lowest BCUT2D eigenvalue weighted by Crippen LogP contribution is -2.62. The Hall–Kier alpha value is -11.3. The predicted octanol–water partition coefficient (Wildman–Crippen LogP) is 12.9. The molecule has 6 aliphatic heterocycles. The lowest BCUT2D eigenvalue weighted by molar-refractivity contribution is -0.751. The number of allylic oxidation sites excluding steroid dienone is 4. The Morgan fingerprint density at radius 2 is 0.895 bits per heavy atom. The summed E-state index contributed by atoms with van der Waals surface area (Å²) in [4.78, 5) is 40.5. The lowest BCUT2D eigenvalue weighted by Gasteiger charge is -2.48. The van der Waals surface area contributed by atoms with Crippen molar-refractivity contribution in [2.24, 2.45) is 19.5 Å². The molecule has 17 heterocycles. The number of benzene rings is 2. The first-order valence-electron chi connectivity index (χ1n) is 36.3. The van der Waals surface area contributed by atoms with Gasteiger partial charge in [-0.15, -0.1) is 0 Å². The van der Waals surface area contributed by atoms with Crippen molar-refractivity contribution in [3.8, 4) is 5.69 Å². The van der Waals surface area contributed by atoms with Gasteiger partial charge in [0.25, 0.3) is 0 Å². The van der Waals surface area contributed by atoms with Gasteiger partial charge in [0.15, 0.2) is 11.6 Å². The Bertz CT molecular complexity index is 5630. The van der Waals surface area contributed by atoms with Crippen LogP contribution in [0.4, 0.5) is 23.1 Å². The number of hydrazine groups is 2. The van der Waals surface area contributed by atoms with Gasteiger partial charge in [-0.2, -0.15) is 4.68 Å². The van der Waals surface area contributed by atoms with Gasteiger partial charge in [-0.3, -0.25) is 5.01 Å². The van der Waals surface area contributed by atoms with Crippen LogP contribution in [-0.2, 0) is 14.1 Å². The molecule has 21 nitrogen and oxygen atoms in total. The summed E-state index contributed by atoms with van der Waals surface area (Å²) in [6.07, 6.45) is 26.8. The van der Waals surface area contributed by atoms with E-state index in [2.05, 4.69) is 275 Å². The lowest BCUT2D eigenvalue weighted by atomic mass is 9.57. The second kappa shape index (κ2) is 26.1. The van der Waals surface area contributed by atoms with E-state index in [1.165, 1.54) is 34.9 Å². The van der Waals surface area contributed by atoms with Crippen LogP contribution in [0.15, 0.2) is 211 Å². The maximum atomic E-state index is 6.20. The fourth-order valence-corrected chi connectivity index (χ4v) is 17.3. The van der Waals surface area contributed by atoms with E-state index in [1.807, 2.05) is 78.7 Å². The summed E-state index contributed by atoms with van der Waals surface area (Å²) in [5.41, 5.74) is 18.6. The zero-order chi connectivity index (χ0) is 73.2. The Labute approximate surface area is 614 Å². The number of furan rings is 4. The van der Waals surface area contributed by atoms with Crippen LogP contribution in [0.1, 0.15) is 104 Å². The van der Waals surface area contributed by atoms with Crippen molar-refractivity contribution < 1.29 is 26.9 Å². The molecule has 0 bridgehead atoms. The molecular weight excluding hydrogens is 1310 g/mol. The topological polar surface area (TPSA) is 170 Å². The van der Waals surface area contributed by atoms with Crippen molar-refractivity contribution in [2.45, 2.75) is 128 Å². The highest BCUT2D eigenvalue weighted by Gasteiger charge is 2.54. The smallest absolute Gasteiger partial charge is 0.450 e. The zero-order valence-corrected chi connectivity index (χ0v) is 62.9. The minimum Gasteiger partial charge on any atom is -0.450 e. The summed E-state index contributed by atoms with van der Waals surface area (Å²) < 4.78 is 31.0. The summed E-state index contributed by atoms with van der Waals surface area (Å²) >= 11 is 0. The highest BCUT2D eigenvalue weighted by molar-refractivity contribution is 6.77. The molecule has 0 spiro atoms. The van der Waals surface area contributed by atoms with Crippen molar-refractivity contribution in [2.75, 3.05) is 19.6 Å². The first kappa shape index (κ1) is 68.1. The van der Waals surface area contributed by atoms with Crippen molar-refractivity contribution in [1.29, 1.82) is 0 Å². The molecule has 13 aromatic rings. The Kier molecular flexibility index (Phi) is 17.0. The SMILES string of the molecule is CB1c2oc3ncccc3c2C=C(C)N1N1C(C)C(C)(C)CC1(C)C.CB1c2oc3ncccc3c2C=C(C)N1N1c2nccnc2N(c2ccccc2)[C@@H]1C.CB1c2oc3ncccc3c2C=C(C)N1c1cn(-c2ccccc2)c(C)[n+]1C.CB1c2oc3ncccc3c2C=C(C)N1n1ccc[n+]1C. The predicted molar refractivity (Wildman–Crippen MR) is 424 cm³/mol. The first-order chi connectivity index (χ1) is 50.5. The van der Waals surface area contributed by atoms with Crippen LogP contribution in [0.5, 0.6) is 0 Å². The molecule has 0 N–H and O–H groups in total. The van der Waals surface area contributed by atoms with Crippen LogP contribution in [-0.4, -0.2) is 99.2 Å². The van der Waals surface area contributed by atoms with E-state index >= 15 is 0 Å². The van der Waals surface area contributed by atoms with Gasteiger partial charge < -0.3 is 37.2 Å². The van der Waals surface area contributed by atoms with Crippen LogP contribution in [0.2, 0.25) is 27.3 Å². The highest BCUT2D eigenvalue weighted by Crippen LogP contribution is 2.49. The monoisotopic (exact) mass is 1390 g/mol. The van der Waals surface area contributed by atoms with Crippen LogP contribution in [0.25, 0.3) is 74.4 Å². The van der Waals surface area contributed by atoms with Gasteiger partial charge in [0.1, 0.15) is 59.6 Å². The summed E-state index contributed by atoms with van der Waals surface area (Å²) in [5.74, 6) is 3.97. The molecule has 1 fully saturated rings. The first-order valence-corrected chi connectivity index (χ1v) is 36.3. The van der Waals surface area contributed by atoms with Crippen molar-refractivity contribution in [1.82, 2.24) is 54.1 Å². The highest BCUT2D eigenvalue weighted by atomic mass is 16.4. The molecule has 0 saturated carbocycles. The molecule has 2 aromatic carbocycles. The standard InChI is InChI=1S/C23H21BN6O.C22H22BN4O.C20H28BN3O.C15H16BN4O/c1-15-14-19-18-10-7-11-27-23(18)31-20(19)24(3)30(15)29-16(2)28(17-8-5-4-6-9-17)21-22(29)26-13-12-25-21;1-15-13-19-18-11-8-12-24-22(18)28-21(19)23(3)27(15)20-14-26(16(2)25(20)4)17-9-6-5-7-10-17;1-13-11-16-15-9-8-10-22-18(15)25-17(16)21(7)24(13)23-14(2)19(3,4)12-20(23,5)6;1-11-10-13-12-6-4-7-17-15(12)21-14(13)16(2)20(11)19-9-5-8-18(19)3/h4-14,16H,1-3H3;5-14H,1-4H3;8-11,14H,12H2,1-7H3;4-10H,1-3H3/q;+1;;+1/t16-;;;/m0.../s1. The number of fused-ring (bicyclic) bond motifs is 13. The number of anilines is 4. The van der Waals surface area contributed by atoms with Crippen molar-refractivity contribution >= 4 is 142 Å². The van der Waals surface area contributed by atoms with E-state index in [9.17, 15) is 0 Å². The second-order valence-corrected chi connectivity index (χ2v) is 29.8. The van der Waals surface area contributed by atoms with Crippen LogP contribution < -0.4 is 51.5 Å². The summed E-state index contributed by atoms with van der Waals surface area (Å²) in [6, 6.07) is 39.4. The maximum absolute atomic E-state index is 6.20. The van der Waals surface area contributed by atoms with E-state index in [4.69, 9.17) is 22.7 Å². The maximum Gasteiger partial charge on any atom is 0.469 e. The normalized spacial score (nSPS) is 17.9. The molecule has 0 radical (unpaired) electrons. The third-order valence-electron chi connectivity index (χ3n) is 22.1. The molecule has 0 aliphatic carbocycles. The van der Waals surface area contributed by atoms with Gasteiger partial charge in [0.2, 0.25) is 34.5 Å². The van der Waals surface area contributed by atoms with Gasteiger partial charge in [-0.25, -0.2) is 49.0 Å². The summed E-state index contributed by atoms with van der Waals surface area (Å²) in [7, 11) is 4.13. The van der Waals surface area contributed by atoms with Crippen molar-refractivity contribution in [3.63, 3.8) is 0 Å². The van der Waals surface area contributed by atoms with Crippen LogP contribution in [0.3, 0.4) is 0 Å². The molecule has 6 aliphatic rings. The minimum atomic E-state index is -0.0257. The summed E-state index contributed by atoms with van der Waals surface area (Å²) in [6.45, 7) is 33.8. The number of aromatic nitrogens is 10. The average Bonchev–Trinajstić information content (AvgIpc) is 1.58. The fraction of sp³-hybridized carbons (Fsp3) is 0.275. The second-order valence-electron chi connectivity index (χ2n) is 29.8. The van der Waals surface area contributed by atoms with E-state index < -0.39 is 0 Å². The largest absolute Gasteiger partial charge is 0.469 e. The van der Waals surface area contributed by atoms with Gasteiger partial charge in [0, 0.05) is 123 Å². The third kappa shape index (κ3) is 11.3. The Morgan fingerprint density at radius 3 is 1.36 bits per heavy atom. The number of hydrogen-bond acceptors (Lipinski definition) is 17. The van der Waals surface area contributed by atoms with E-state index in [0.29, 0.717) is 23.2 Å². The van der Waals surface area contributed by atoms with E-state index in [1.54, 1.807) is 37.2 Å². The van der Waals surface area contributed by atoms with Gasteiger partial charge >= 0.3 is 27.4 Å². The molecule has 1 unspecified atom stereocenters. The average molecular weight is 1390 g/mol. The van der Waals surface area contributed by atoms with Gasteiger partial charge in [-0.1, -0.05) is 68.7 Å². The number of imidazole rings is 1. The molecule has 105 heavy (non-hydrogen) atoms. The van der Waals surface area contributed by atoms with Crippen molar-refractivity contribution in [3.05, 3.63) is 222 Å². The number of hydrogen-bond donors (Lipinski definition) is 0. The number of nitrogens with zero attached hydrogens (tertiary/aromatic N) is 17. The van der Waals surface area contributed by atoms with Gasteiger partial charge in [0.05, 0.1) is 18.9 Å². The number of aryl methyl sites for hydroxylation is 1. The number of pyridine rings is 4. The molecule has 526 valence electrons. The van der Waals surface area contributed by atoms with Gasteiger partial charge in [-0.05, 0) is 178 Å². The van der Waals surface area contributed by atoms with Crippen LogP contribution in [0, 0.1) is 12.3 Å².